The molecule has 2 fully saturated rings. The predicted molar refractivity (Wildman–Crippen MR) is 62.0 cm³/mol. The van der Waals surface area contributed by atoms with Gasteiger partial charge >= 0.3 is 0 Å². The van der Waals surface area contributed by atoms with Crippen molar-refractivity contribution in [1.29, 1.82) is 0 Å². The second-order valence-corrected chi connectivity index (χ2v) is 4.88. The summed E-state index contributed by atoms with van der Waals surface area (Å²) >= 11 is 0. The van der Waals surface area contributed by atoms with Crippen molar-refractivity contribution < 1.29 is 18.6 Å². The monoisotopic (exact) mass is 253 g/mol. The Morgan fingerprint density at radius 3 is 3.06 bits per heavy atom. The van der Waals surface area contributed by atoms with Crippen LogP contribution in [0.3, 0.4) is 0 Å². The second kappa shape index (κ2) is 4.82. The molecule has 2 atom stereocenters. The van der Waals surface area contributed by atoms with Crippen molar-refractivity contribution in [2.45, 2.75) is 31.0 Å². The van der Waals surface area contributed by atoms with Gasteiger partial charge in [0.2, 0.25) is 5.95 Å². The molecule has 2 aliphatic heterocycles. The Kier molecular flexibility index (Phi) is 3.18. The van der Waals surface area contributed by atoms with Gasteiger partial charge in [0.15, 0.2) is 0 Å². The van der Waals surface area contributed by atoms with Gasteiger partial charge < -0.3 is 14.2 Å². The van der Waals surface area contributed by atoms with Crippen molar-refractivity contribution in [2.75, 3.05) is 19.8 Å². The normalized spacial score (nSPS) is 31.7. The molecule has 2 saturated heterocycles. The maximum atomic E-state index is 12.7. The zero-order valence-electron chi connectivity index (χ0n) is 10.1. The number of pyridine rings is 1. The summed E-state index contributed by atoms with van der Waals surface area (Å²) in [6, 6.07) is 2.92. The molecule has 0 bridgehead atoms. The van der Waals surface area contributed by atoms with E-state index in [-0.39, 0.29) is 11.7 Å². The van der Waals surface area contributed by atoms with Crippen molar-refractivity contribution >= 4 is 0 Å². The average Bonchev–Trinajstić information content (AvgIpc) is 2.80. The zero-order valence-corrected chi connectivity index (χ0v) is 10.1. The number of halogens is 1. The highest BCUT2D eigenvalue weighted by molar-refractivity contribution is 5.16. The summed E-state index contributed by atoms with van der Waals surface area (Å²) in [6.45, 7) is 2.09. The lowest BCUT2D eigenvalue weighted by Crippen LogP contribution is -2.44. The Hall–Kier alpha value is -1.20. The Labute approximate surface area is 105 Å². The summed E-state index contributed by atoms with van der Waals surface area (Å²) < 4.78 is 29.8. The fourth-order valence-electron chi connectivity index (χ4n) is 2.57. The first-order valence-corrected chi connectivity index (χ1v) is 6.26. The van der Waals surface area contributed by atoms with E-state index in [1.807, 2.05) is 0 Å². The summed E-state index contributed by atoms with van der Waals surface area (Å²) in [6.07, 6.45) is 4.11. The first kappa shape index (κ1) is 11.9. The largest absolute Gasteiger partial charge is 0.489 e. The number of aromatic nitrogens is 1. The van der Waals surface area contributed by atoms with E-state index in [4.69, 9.17) is 14.2 Å². The highest BCUT2D eigenvalue weighted by Gasteiger charge is 2.41. The van der Waals surface area contributed by atoms with Gasteiger partial charge in [0.05, 0.1) is 25.0 Å². The number of hydrogen-bond acceptors (Lipinski definition) is 4. The topological polar surface area (TPSA) is 40.6 Å². The smallest absolute Gasteiger partial charge is 0.213 e. The van der Waals surface area contributed by atoms with Crippen LogP contribution in [-0.2, 0) is 9.47 Å². The zero-order chi connectivity index (χ0) is 12.4. The van der Waals surface area contributed by atoms with E-state index in [9.17, 15) is 4.39 Å². The van der Waals surface area contributed by atoms with Crippen LogP contribution < -0.4 is 4.74 Å². The van der Waals surface area contributed by atoms with Gasteiger partial charge in [-0.15, -0.1) is 0 Å². The maximum Gasteiger partial charge on any atom is 0.213 e. The highest BCUT2D eigenvalue weighted by atomic mass is 19.1. The Bertz CT molecular complexity index is 403. The molecule has 1 aromatic rings. The van der Waals surface area contributed by atoms with Gasteiger partial charge in [-0.05, 0) is 12.1 Å². The van der Waals surface area contributed by atoms with E-state index in [2.05, 4.69) is 4.98 Å². The van der Waals surface area contributed by atoms with Crippen LogP contribution >= 0.6 is 0 Å². The molecule has 0 saturated carbocycles. The Balaban J connectivity index is 1.64. The minimum Gasteiger partial charge on any atom is -0.489 e. The number of rotatable bonds is 2. The van der Waals surface area contributed by atoms with Crippen LogP contribution in [0.4, 0.5) is 4.39 Å². The molecule has 0 amide bonds. The molecule has 0 N–H and O–H groups in total. The molecular formula is C13H16FNO3. The summed E-state index contributed by atoms with van der Waals surface area (Å²) in [4.78, 5) is 3.59. The Morgan fingerprint density at radius 1 is 1.39 bits per heavy atom. The molecule has 0 radical (unpaired) electrons. The van der Waals surface area contributed by atoms with Crippen molar-refractivity contribution in [3.05, 3.63) is 24.3 Å². The molecule has 5 heteroatoms. The summed E-state index contributed by atoms with van der Waals surface area (Å²) in [7, 11) is 0. The predicted octanol–water partition coefficient (Wildman–Crippen LogP) is 1.94. The fourth-order valence-corrected chi connectivity index (χ4v) is 2.57. The van der Waals surface area contributed by atoms with Gasteiger partial charge in [0, 0.05) is 25.9 Å². The second-order valence-electron chi connectivity index (χ2n) is 4.88. The molecule has 0 aliphatic carbocycles. The molecule has 1 aromatic heterocycles. The minimum absolute atomic E-state index is 0.0905. The summed E-state index contributed by atoms with van der Waals surface area (Å²) in [5.41, 5.74) is -0.170. The van der Waals surface area contributed by atoms with Crippen LogP contribution in [0.15, 0.2) is 18.3 Å². The van der Waals surface area contributed by atoms with Crippen molar-refractivity contribution in [3.63, 3.8) is 0 Å². The lowest BCUT2D eigenvalue weighted by atomic mass is 9.91. The molecule has 3 rings (SSSR count). The van der Waals surface area contributed by atoms with Crippen LogP contribution in [0.5, 0.6) is 5.75 Å². The van der Waals surface area contributed by atoms with Gasteiger partial charge in [0.25, 0.3) is 0 Å². The lowest BCUT2D eigenvalue weighted by molar-refractivity contribution is -0.112. The fraction of sp³-hybridized carbons (Fsp3) is 0.615. The number of nitrogens with zero attached hydrogens (tertiary/aromatic N) is 1. The van der Waals surface area contributed by atoms with E-state index in [1.165, 1.54) is 12.3 Å². The molecular weight excluding hydrogens is 237 g/mol. The molecule has 98 valence electrons. The van der Waals surface area contributed by atoms with Crippen LogP contribution in [0.25, 0.3) is 0 Å². The van der Waals surface area contributed by atoms with E-state index >= 15 is 0 Å². The maximum absolute atomic E-state index is 12.7. The average molecular weight is 253 g/mol. The molecule has 2 unspecified atom stereocenters. The highest BCUT2D eigenvalue weighted by Crippen LogP contribution is 2.34. The van der Waals surface area contributed by atoms with E-state index in [0.717, 1.165) is 25.9 Å². The first-order chi connectivity index (χ1) is 8.76. The summed E-state index contributed by atoms with van der Waals surface area (Å²) in [5, 5.41) is 0. The third kappa shape index (κ3) is 2.47. The van der Waals surface area contributed by atoms with E-state index < -0.39 is 5.95 Å². The Morgan fingerprint density at radius 2 is 2.33 bits per heavy atom. The molecule has 3 heterocycles. The first-order valence-electron chi connectivity index (χ1n) is 6.26. The van der Waals surface area contributed by atoms with Gasteiger partial charge in [-0.1, -0.05) is 0 Å². The SMILES string of the molecule is Fc1ccc(OC2CCOC3(CCOC3)C2)cn1. The standard InChI is InChI=1S/C13H16FNO3/c14-12-2-1-11(8-15-12)18-10-3-5-17-13(7-10)4-6-16-9-13/h1-2,8,10H,3-7,9H2. The van der Waals surface area contributed by atoms with Crippen LogP contribution in [0.2, 0.25) is 0 Å². The van der Waals surface area contributed by atoms with Crippen LogP contribution in [-0.4, -0.2) is 36.5 Å². The molecule has 4 nitrogen and oxygen atoms in total. The van der Waals surface area contributed by atoms with Gasteiger partial charge in [-0.2, -0.15) is 4.39 Å². The minimum atomic E-state index is -0.491. The van der Waals surface area contributed by atoms with Gasteiger partial charge in [-0.25, -0.2) is 4.98 Å². The molecule has 0 aromatic carbocycles. The van der Waals surface area contributed by atoms with E-state index in [1.54, 1.807) is 6.07 Å². The third-order valence-corrected chi connectivity index (χ3v) is 3.52. The van der Waals surface area contributed by atoms with Crippen molar-refractivity contribution in [1.82, 2.24) is 4.98 Å². The molecule has 2 aliphatic rings. The lowest BCUT2D eigenvalue weighted by Gasteiger charge is -2.36. The van der Waals surface area contributed by atoms with Crippen LogP contribution in [0.1, 0.15) is 19.3 Å². The van der Waals surface area contributed by atoms with Crippen molar-refractivity contribution in [2.24, 2.45) is 0 Å². The molecule has 18 heavy (non-hydrogen) atoms. The third-order valence-electron chi connectivity index (χ3n) is 3.52. The quantitative estimate of drug-likeness (QED) is 0.755. The van der Waals surface area contributed by atoms with Crippen molar-refractivity contribution in [3.8, 4) is 5.75 Å². The summed E-state index contributed by atoms with van der Waals surface area (Å²) in [5.74, 6) is 0.118. The number of ether oxygens (including phenoxy) is 3. The molecule has 1 spiro atoms. The van der Waals surface area contributed by atoms with Crippen LogP contribution in [0, 0.1) is 5.95 Å². The number of hydrogen-bond donors (Lipinski definition) is 0. The van der Waals surface area contributed by atoms with Gasteiger partial charge in [0.1, 0.15) is 11.9 Å². The van der Waals surface area contributed by atoms with E-state index in [0.29, 0.717) is 19.0 Å². The van der Waals surface area contributed by atoms with Gasteiger partial charge in [-0.3, -0.25) is 0 Å².